The van der Waals surface area contributed by atoms with Gasteiger partial charge in [0.2, 0.25) is 0 Å². The van der Waals surface area contributed by atoms with Crippen LogP contribution in [0.4, 0.5) is 0 Å². The number of benzene rings is 6. The third-order valence-corrected chi connectivity index (χ3v) is 10.9. The van der Waals surface area contributed by atoms with Crippen molar-refractivity contribution < 1.29 is 4.42 Å². The monoisotopic (exact) mass is 681 g/mol. The fraction of sp³-hybridized carbons (Fsp3) is 0.0638. The van der Waals surface area contributed by atoms with E-state index in [4.69, 9.17) is 24.4 Å². The van der Waals surface area contributed by atoms with Crippen LogP contribution in [0, 0.1) is 0 Å². The maximum atomic E-state index is 6.35. The van der Waals surface area contributed by atoms with E-state index in [2.05, 4.69) is 85.1 Å². The molecule has 0 unspecified atom stereocenters. The molecule has 1 aliphatic rings. The first-order valence-corrected chi connectivity index (χ1v) is 17.9. The summed E-state index contributed by atoms with van der Waals surface area (Å²) in [5, 5.41) is 4.66. The van der Waals surface area contributed by atoms with E-state index < -0.39 is 0 Å². The van der Waals surface area contributed by atoms with Gasteiger partial charge in [-0.2, -0.15) is 0 Å². The number of rotatable bonds is 4. The summed E-state index contributed by atoms with van der Waals surface area (Å²) in [5.74, 6) is 2.54. The van der Waals surface area contributed by atoms with E-state index >= 15 is 0 Å². The van der Waals surface area contributed by atoms with Crippen LogP contribution in [-0.4, -0.2) is 24.5 Å². The molecule has 0 saturated carbocycles. The average molecular weight is 682 g/mol. The predicted octanol–water partition coefficient (Wildman–Crippen LogP) is 11.6. The van der Waals surface area contributed by atoms with Crippen LogP contribution in [0.25, 0.3) is 95.0 Å². The van der Waals surface area contributed by atoms with Crippen LogP contribution in [0.15, 0.2) is 156 Å². The van der Waals surface area contributed by atoms with Gasteiger partial charge in [-0.15, -0.1) is 0 Å². The lowest BCUT2D eigenvalue weighted by Crippen LogP contribution is -2.15. The lowest BCUT2D eigenvalue weighted by atomic mass is 9.82. The summed E-state index contributed by atoms with van der Waals surface area (Å²) < 4.78 is 8.63. The SMILES string of the molecule is CC1(C)c2cc3oc4ccccc4c3cc2-c2cc3c4ccccc4n(-c4cccc(-c5nc(-c6ccccc6)nc(-c6ccccc6)n5)n4)c3cc21. The van der Waals surface area contributed by atoms with Gasteiger partial charge in [0.05, 0.1) is 11.0 Å². The van der Waals surface area contributed by atoms with Crippen LogP contribution in [0.3, 0.4) is 0 Å². The Kier molecular flexibility index (Phi) is 6.20. The van der Waals surface area contributed by atoms with Crippen molar-refractivity contribution in [1.29, 1.82) is 0 Å². The van der Waals surface area contributed by atoms with Gasteiger partial charge in [-0.25, -0.2) is 19.9 Å². The van der Waals surface area contributed by atoms with E-state index in [9.17, 15) is 0 Å². The first-order valence-electron chi connectivity index (χ1n) is 17.9. The first-order chi connectivity index (χ1) is 26.0. The van der Waals surface area contributed by atoms with Gasteiger partial charge in [-0.3, -0.25) is 4.57 Å². The molecule has 0 N–H and O–H groups in total. The molecule has 0 aliphatic heterocycles. The van der Waals surface area contributed by atoms with Crippen molar-refractivity contribution in [3.8, 4) is 51.2 Å². The highest BCUT2D eigenvalue weighted by atomic mass is 16.3. The maximum absolute atomic E-state index is 6.35. The molecule has 10 aromatic rings. The van der Waals surface area contributed by atoms with E-state index in [1.807, 2.05) is 84.9 Å². The van der Waals surface area contributed by atoms with Gasteiger partial charge in [-0.1, -0.05) is 117 Å². The Morgan fingerprint density at radius 3 is 1.79 bits per heavy atom. The minimum absolute atomic E-state index is 0.241. The molecule has 0 saturated heterocycles. The fourth-order valence-electron chi connectivity index (χ4n) is 8.25. The molecule has 6 nitrogen and oxygen atoms in total. The Bertz CT molecular complexity index is 3030. The molecule has 4 heterocycles. The molecule has 0 bridgehead atoms. The molecule has 11 rings (SSSR count). The van der Waals surface area contributed by atoms with Crippen molar-refractivity contribution in [2.45, 2.75) is 19.3 Å². The molecule has 53 heavy (non-hydrogen) atoms. The van der Waals surface area contributed by atoms with Crippen LogP contribution in [0.5, 0.6) is 0 Å². The van der Waals surface area contributed by atoms with Crippen LogP contribution >= 0.6 is 0 Å². The van der Waals surface area contributed by atoms with Gasteiger partial charge < -0.3 is 4.42 Å². The summed E-state index contributed by atoms with van der Waals surface area (Å²) in [6, 6.07) is 52.4. The zero-order chi connectivity index (χ0) is 35.3. The molecule has 0 atom stereocenters. The summed E-state index contributed by atoms with van der Waals surface area (Å²) in [6.07, 6.45) is 0. The minimum Gasteiger partial charge on any atom is -0.456 e. The Labute approximate surface area is 305 Å². The number of hydrogen-bond donors (Lipinski definition) is 0. The number of furan rings is 1. The van der Waals surface area contributed by atoms with Crippen molar-refractivity contribution in [1.82, 2.24) is 24.5 Å². The molecule has 1 aliphatic carbocycles. The van der Waals surface area contributed by atoms with E-state index in [1.165, 1.54) is 33.0 Å². The maximum Gasteiger partial charge on any atom is 0.182 e. The minimum atomic E-state index is -0.241. The van der Waals surface area contributed by atoms with Crippen LogP contribution in [0.1, 0.15) is 25.0 Å². The molecule has 250 valence electrons. The van der Waals surface area contributed by atoms with Crippen molar-refractivity contribution in [3.63, 3.8) is 0 Å². The fourth-order valence-corrected chi connectivity index (χ4v) is 8.25. The summed E-state index contributed by atoms with van der Waals surface area (Å²) in [7, 11) is 0. The zero-order valence-corrected chi connectivity index (χ0v) is 29.1. The topological polar surface area (TPSA) is 69.6 Å². The van der Waals surface area contributed by atoms with Crippen LogP contribution in [-0.2, 0) is 5.41 Å². The van der Waals surface area contributed by atoms with Gasteiger partial charge in [0.25, 0.3) is 0 Å². The largest absolute Gasteiger partial charge is 0.456 e. The first kappa shape index (κ1) is 29.8. The van der Waals surface area contributed by atoms with Crippen molar-refractivity contribution >= 4 is 43.7 Å². The second-order valence-corrected chi connectivity index (χ2v) is 14.3. The number of nitrogens with zero attached hydrogens (tertiary/aromatic N) is 5. The van der Waals surface area contributed by atoms with Gasteiger partial charge in [0, 0.05) is 38.1 Å². The second-order valence-electron chi connectivity index (χ2n) is 14.3. The lowest BCUT2D eigenvalue weighted by molar-refractivity contribution is 0.647. The second kappa shape index (κ2) is 11.0. The van der Waals surface area contributed by atoms with Gasteiger partial charge in [-0.05, 0) is 70.8 Å². The van der Waals surface area contributed by atoms with Crippen molar-refractivity contribution in [2.24, 2.45) is 0 Å². The predicted molar refractivity (Wildman–Crippen MR) is 213 cm³/mol. The average Bonchev–Trinajstić information content (AvgIpc) is 3.82. The lowest BCUT2D eigenvalue weighted by Gasteiger charge is -2.21. The Hall–Kier alpha value is -6.92. The zero-order valence-electron chi connectivity index (χ0n) is 29.1. The van der Waals surface area contributed by atoms with Crippen LogP contribution in [0.2, 0.25) is 0 Å². The summed E-state index contributed by atoms with van der Waals surface area (Å²) in [4.78, 5) is 20.1. The summed E-state index contributed by atoms with van der Waals surface area (Å²) >= 11 is 0. The molecule has 0 fully saturated rings. The van der Waals surface area contributed by atoms with E-state index in [0.717, 1.165) is 49.9 Å². The Morgan fingerprint density at radius 2 is 1.06 bits per heavy atom. The highest BCUT2D eigenvalue weighted by Gasteiger charge is 2.37. The third-order valence-electron chi connectivity index (χ3n) is 10.9. The van der Waals surface area contributed by atoms with Crippen molar-refractivity contribution in [2.75, 3.05) is 0 Å². The quantitative estimate of drug-likeness (QED) is 0.185. The molecule has 6 aromatic carbocycles. The molecule has 6 heteroatoms. The van der Waals surface area contributed by atoms with E-state index in [1.54, 1.807) is 0 Å². The third kappa shape index (κ3) is 4.45. The summed E-state index contributed by atoms with van der Waals surface area (Å²) in [5.41, 5.74) is 11.4. The number of hydrogen-bond acceptors (Lipinski definition) is 5. The highest BCUT2D eigenvalue weighted by Crippen LogP contribution is 2.52. The molecule has 4 aromatic heterocycles. The highest BCUT2D eigenvalue weighted by molar-refractivity contribution is 6.13. The molecule has 0 amide bonds. The van der Waals surface area contributed by atoms with Gasteiger partial charge in [0.15, 0.2) is 17.5 Å². The normalized spacial score (nSPS) is 13.2. The number of para-hydroxylation sites is 2. The number of pyridine rings is 1. The summed E-state index contributed by atoms with van der Waals surface area (Å²) in [6.45, 7) is 4.64. The Morgan fingerprint density at radius 1 is 0.453 bits per heavy atom. The molecular weight excluding hydrogens is 651 g/mol. The standard InChI is InChI=1S/C47H31N5O/c1-47(2)36-26-40-34(24-32(36)33-25-35-31-19-10-12-22-41(31)53-42(35)27-37(33)47)30-18-9-11-21-39(30)52(40)43-23-13-20-38(48-43)46-50-44(28-14-5-3-6-15-28)49-45(51-46)29-16-7-4-8-17-29/h3-27H,1-2H3. The van der Waals surface area contributed by atoms with Crippen LogP contribution < -0.4 is 0 Å². The van der Waals surface area contributed by atoms with E-state index in [0.29, 0.717) is 23.2 Å². The van der Waals surface area contributed by atoms with Gasteiger partial charge in [0.1, 0.15) is 22.7 Å². The molecular formula is C47H31N5O. The molecule has 0 spiro atoms. The smallest absolute Gasteiger partial charge is 0.182 e. The van der Waals surface area contributed by atoms with Crippen molar-refractivity contribution in [3.05, 3.63) is 163 Å². The molecule has 0 radical (unpaired) electrons. The van der Waals surface area contributed by atoms with Gasteiger partial charge >= 0.3 is 0 Å². The number of aromatic nitrogens is 5. The Balaban J connectivity index is 1.11. The van der Waals surface area contributed by atoms with E-state index in [-0.39, 0.29) is 5.41 Å². The number of fused-ring (bicyclic) bond motifs is 9.